The number of halogens is 2. The fourth-order valence-corrected chi connectivity index (χ4v) is 1.49. The summed E-state index contributed by atoms with van der Waals surface area (Å²) in [4.78, 5) is 11.8. The molecule has 0 spiro atoms. The van der Waals surface area contributed by atoms with Crippen molar-refractivity contribution in [1.82, 2.24) is 5.32 Å². The van der Waals surface area contributed by atoms with E-state index in [1.54, 1.807) is 0 Å². The summed E-state index contributed by atoms with van der Waals surface area (Å²) in [5.41, 5.74) is 0.249. The van der Waals surface area contributed by atoms with E-state index in [-0.39, 0.29) is 28.5 Å². The zero-order valence-corrected chi connectivity index (χ0v) is 11.2. The molecule has 3 nitrogen and oxygen atoms in total. The van der Waals surface area contributed by atoms with Crippen LogP contribution in [0.1, 0.15) is 24.2 Å². The maximum atomic E-state index is 11.8. The second kappa shape index (κ2) is 6.12. The van der Waals surface area contributed by atoms with E-state index in [1.807, 2.05) is 13.8 Å². The van der Waals surface area contributed by atoms with E-state index in [0.29, 0.717) is 11.6 Å². The van der Waals surface area contributed by atoms with Gasteiger partial charge in [-0.3, -0.25) is 4.79 Å². The number of alkyl halides is 1. The van der Waals surface area contributed by atoms with E-state index in [1.165, 1.54) is 18.2 Å². The predicted molar refractivity (Wildman–Crippen MR) is 69.9 cm³/mol. The average molecular weight is 276 g/mol. The zero-order valence-electron chi connectivity index (χ0n) is 9.71. The highest BCUT2D eigenvalue weighted by atomic mass is 35.5. The van der Waals surface area contributed by atoms with Gasteiger partial charge in [0, 0.05) is 6.54 Å². The fourth-order valence-electron chi connectivity index (χ4n) is 1.21. The number of carbonyl (C=O) groups is 1. The summed E-state index contributed by atoms with van der Waals surface area (Å²) < 4.78 is 0. The van der Waals surface area contributed by atoms with Gasteiger partial charge in [-0.25, -0.2) is 0 Å². The van der Waals surface area contributed by atoms with Crippen LogP contribution in [0.5, 0.6) is 5.75 Å². The van der Waals surface area contributed by atoms with Crippen molar-refractivity contribution in [2.45, 2.75) is 19.2 Å². The summed E-state index contributed by atoms with van der Waals surface area (Å²) in [6, 6.07) is 4.24. The van der Waals surface area contributed by atoms with E-state index in [0.717, 1.165) is 0 Å². The molecule has 0 aliphatic rings. The lowest BCUT2D eigenvalue weighted by molar-refractivity contribution is 0.0952. The molecule has 1 unspecified atom stereocenters. The zero-order chi connectivity index (χ0) is 13.0. The molecule has 0 aliphatic heterocycles. The molecule has 1 rings (SSSR count). The Balaban J connectivity index is 2.67. The lowest BCUT2D eigenvalue weighted by Gasteiger charge is -2.14. The minimum atomic E-state index is -0.336. The van der Waals surface area contributed by atoms with Gasteiger partial charge in [-0.05, 0) is 24.1 Å². The Hall–Kier alpha value is -0.930. The van der Waals surface area contributed by atoms with E-state index in [2.05, 4.69) is 5.32 Å². The highest BCUT2D eigenvalue weighted by Gasteiger charge is 2.14. The van der Waals surface area contributed by atoms with Gasteiger partial charge in [0.05, 0.1) is 16.0 Å². The third-order valence-electron chi connectivity index (χ3n) is 2.38. The van der Waals surface area contributed by atoms with Crippen molar-refractivity contribution in [1.29, 1.82) is 0 Å². The molecular formula is C12H15Cl2NO2. The number of aromatic hydroxyl groups is 1. The van der Waals surface area contributed by atoms with Crippen LogP contribution in [0.4, 0.5) is 0 Å². The number of carbonyl (C=O) groups excluding carboxylic acids is 1. The van der Waals surface area contributed by atoms with Gasteiger partial charge in [-0.2, -0.15) is 0 Å². The van der Waals surface area contributed by atoms with Crippen LogP contribution in [0.2, 0.25) is 5.02 Å². The van der Waals surface area contributed by atoms with Gasteiger partial charge in [0.1, 0.15) is 5.75 Å². The molecule has 94 valence electrons. The van der Waals surface area contributed by atoms with Gasteiger partial charge in [0.15, 0.2) is 0 Å². The van der Waals surface area contributed by atoms with Crippen molar-refractivity contribution in [3.05, 3.63) is 28.8 Å². The third-order valence-corrected chi connectivity index (χ3v) is 3.36. The van der Waals surface area contributed by atoms with Crippen molar-refractivity contribution in [2.24, 2.45) is 5.92 Å². The summed E-state index contributed by atoms with van der Waals surface area (Å²) in [6.07, 6.45) is 0. The summed E-state index contributed by atoms with van der Waals surface area (Å²) in [6.45, 7) is 4.32. The SMILES string of the molecule is CC(C)C(Cl)CNC(=O)c1cc(O)ccc1Cl. The van der Waals surface area contributed by atoms with Crippen LogP contribution in [0.25, 0.3) is 0 Å². The van der Waals surface area contributed by atoms with Crippen LogP contribution in [0.3, 0.4) is 0 Å². The molecule has 0 bridgehead atoms. The van der Waals surface area contributed by atoms with Gasteiger partial charge in [-0.15, -0.1) is 11.6 Å². The van der Waals surface area contributed by atoms with Crippen LogP contribution in [-0.2, 0) is 0 Å². The normalized spacial score (nSPS) is 12.5. The standard InChI is InChI=1S/C12H15Cl2NO2/c1-7(2)11(14)6-15-12(17)9-5-8(16)3-4-10(9)13/h3-5,7,11,16H,6H2,1-2H3,(H,15,17). The van der Waals surface area contributed by atoms with Crippen molar-refractivity contribution < 1.29 is 9.90 Å². The van der Waals surface area contributed by atoms with Crippen molar-refractivity contribution in [3.63, 3.8) is 0 Å². The number of amides is 1. The molecule has 2 N–H and O–H groups in total. The first-order valence-corrected chi connectivity index (χ1v) is 6.14. The molecule has 0 heterocycles. The molecule has 17 heavy (non-hydrogen) atoms. The van der Waals surface area contributed by atoms with Gasteiger partial charge in [0.25, 0.3) is 5.91 Å². The van der Waals surface area contributed by atoms with Gasteiger partial charge in [-0.1, -0.05) is 25.4 Å². The Morgan fingerprint density at radius 1 is 1.47 bits per heavy atom. The first-order chi connectivity index (χ1) is 7.91. The quantitative estimate of drug-likeness (QED) is 0.830. The average Bonchev–Trinajstić information content (AvgIpc) is 2.28. The van der Waals surface area contributed by atoms with Gasteiger partial charge < -0.3 is 10.4 Å². The number of nitrogens with one attached hydrogen (secondary N) is 1. The molecule has 0 aromatic heterocycles. The highest BCUT2D eigenvalue weighted by Crippen LogP contribution is 2.21. The van der Waals surface area contributed by atoms with E-state index >= 15 is 0 Å². The Kier molecular flexibility index (Phi) is 5.09. The predicted octanol–water partition coefficient (Wildman–Crippen LogP) is 3.04. The molecule has 0 saturated heterocycles. The molecule has 1 atom stereocenters. The van der Waals surface area contributed by atoms with Crippen LogP contribution in [-0.4, -0.2) is 22.9 Å². The van der Waals surface area contributed by atoms with Crippen LogP contribution in [0, 0.1) is 5.92 Å². The van der Waals surface area contributed by atoms with Crippen LogP contribution < -0.4 is 5.32 Å². The maximum Gasteiger partial charge on any atom is 0.252 e. The first kappa shape index (κ1) is 14.1. The van der Waals surface area contributed by atoms with Gasteiger partial charge in [0.2, 0.25) is 0 Å². The number of rotatable bonds is 4. The number of hydrogen-bond donors (Lipinski definition) is 2. The topological polar surface area (TPSA) is 49.3 Å². The molecule has 5 heteroatoms. The minimum Gasteiger partial charge on any atom is -0.508 e. The molecule has 1 aromatic rings. The Labute approximate surface area is 111 Å². The van der Waals surface area contributed by atoms with E-state index in [9.17, 15) is 9.90 Å². The number of phenolic OH excluding ortho intramolecular Hbond substituents is 1. The fraction of sp³-hybridized carbons (Fsp3) is 0.417. The molecule has 1 amide bonds. The van der Waals surface area contributed by atoms with E-state index < -0.39 is 0 Å². The Morgan fingerprint density at radius 3 is 2.71 bits per heavy atom. The molecule has 0 saturated carbocycles. The van der Waals surface area contributed by atoms with E-state index in [4.69, 9.17) is 23.2 Å². The van der Waals surface area contributed by atoms with Crippen LogP contribution in [0.15, 0.2) is 18.2 Å². The lowest BCUT2D eigenvalue weighted by atomic mass is 10.1. The van der Waals surface area contributed by atoms with Crippen LogP contribution >= 0.6 is 23.2 Å². The Bertz CT molecular complexity index is 407. The number of hydrogen-bond acceptors (Lipinski definition) is 2. The largest absolute Gasteiger partial charge is 0.508 e. The van der Waals surface area contributed by atoms with Crippen molar-refractivity contribution >= 4 is 29.1 Å². The second-order valence-electron chi connectivity index (χ2n) is 4.13. The Morgan fingerprint density at radius 2 is 2.12 bits per heavy atom. The minimum absolute atomic E-state index is 0.00540. The summed E-state index contributed by atoms with van der Waals surface area (Å²) in [5.74, 6) is -0.0559. The van der Waals surface area contributed by atoms with Crippen molar-refractivity contribution in [3.8, 4) is 5.75 Å². The summed E-state index contributed by atoms with van der Waals surface area (Å²) >= 11 is 11.9. The van der Waals surface area contributed by atoms with Crippen molar-refractivity contribution in [2.75, 3.05) is 6.54 Å². The van der Waals surface area contributed by atoms with Gasteiger partial charge >= 0.3 is 0 Å². The smallest absolute Gasteiger partial charge is 0.252 e. The number of phenols is 1. The third kappa shape index (κ3) is 4.10. The molecule has 0 aliphatic carbocycles. The summed E-state index contributed by atoms with van der Waals surface area (Å²) in [5, 5.41) is 12.1. The first-order valence-electron chi connectivity index (χ1n) is 5.32. The molecular weight excluding hydrogens is 261 g/mol. The monoisotopic (exact) mass is 275 g/mol. The molecule has 1 aromatic carbocycles. The lowest BCUT2D eigenvalue weighted by Crippen LogP contribution is -2.32. The second-order valence-corrected chi connectivity index (χ2v) is 5.10. The number of benzene rings is 1. The molecule has 0 radical (unpaired) electrons. The summed E-state index contributed by atoms with van der Waals surface area (Å²) in [7, 11) is 0. The maximum absolute atomic E-state index is 11.8. The molecule has 0 fully saturated rings. The highest BCUT2D eigenvalue weighted by molar-refractivity contribution is 6.33.